The molecule has 1 heterocycles. The number of hydrogen-bond acceptors (Lipinski definition) is 4. The maximum Gasteiger partial charge on any atom is 0.122 e. The third kappa shape index (κ3) is 4.15. The monoisotopic (exact) mass is 460 g/mol. The molecule has 4 atom stereocenters. The number of aliphatic hydroxyl groups is 1. The van der Waals surface area contributed by atoms with Crippen molar-refractivity contribution in [1.29, 1.82) is 0 Å². The van der Waals surface area contributed by atoms with Crippen molar-refractivity contribution in [1.82, 2.24) is 0 Å². The second-order valence-electron chi connectivity index (χ2n) is 9.88. The summed E-state index contributed by atoms with van der Waals surface area (Å²) in [5.41, 5.74) is 2.50. The van der Waals surface area contributed by atoms with Gasteiger partial charge in [-0.25, -0.2) is 9.78 Å². The molecule has 1 unspecified atom stereocenters. The fraction of sp³-hybridized carbons (Fsp3) is 0.379. The first kappa shape index (κ1) is 22.7. The summed E-state index contributed by atoms with van der Waals surface area (Å²) in [6, 6.07) is 32.3. The number of rotatable bonds is 6. The molecule has 1 saturated carbocycles. The topological polar surface area (TPSA) is 38.7 Å². The number of benzene rings is 3. The molecule has 172 valence electrons. The van der Waals surface area contributed by atoms with Crippen LogP contribution in [0.1, 0.15) is 49.8 Å². The number of fused-ring (bicyclic) bond motifs is 2. The van der Waals surface area contributed by atoms with Gasteiger partial charge in [0.25, 0.3) is 0 Å². The van der Waals surface area contributed by atoms with Crippen LogP contribution in [-0.4, -0.2) is 28.2 Å². The van der Waals surface area contributed by atoms with Gasteiger partial charge < -0.3 is 5.11 Å². The SMILES string of the molecule is CC1(CSC(c2ccccc2)(c2ccccc2)c2ccccc2)OO[C@@H]2C[C@H]1CC[C@@]2(C)O. The lowest BCUT2D eigenvalue weighted by Crippen LogP contribution is -2.57. The predicted molar refractivity (Wildman–Crippen MR) is 134 cm³/mol. The van der Waals surface area contributed by atoms with Crippen LogP contribution in [0.2, 0.25) is 0 Å². The average molecular weight is 461 g/mol. The van der Waals surface area contributed by atoms with Crippen molar-refractivity contribution in [2.75, 3.05) is 5.75 Å². The zero-order chi connectivity index (χ0) is 22.9. The molecule has 33 heavy (non-hydrogen) atoms. The van der Waals surface area contributed by atoms with Gasteiger partial charge in [0, 0.05) is 5.75 Å². The van der Waals surface area contributed by atoms with Gasteiger partial charge in [-0.05, 0) is 55.7 Å². The first-order valence-electron chi connectivity index (χ1n) is 11.8. The number of thioether (sulfide) groups is 1. The first-order chi connectivity index (χ1) is 15.9. The van der Waals surface area contributed by atoms with Gasteiger partial charge in [0.15, 0.2) is 0 Å². The molecule has 4 heteroatoms. The Bertz CT molecular complexity index is 957. The molecule has 2 bridgehead atoms. The predicted octanol–water partition coefficient (Wildman–Crippen LogP) is 6.35. The molecule has 1 saturated heterocycles. The molecule has 1 N–H and O–H groups in total. The highest BCUT2D eigenvalue weighted by atomic mass is 32.2. The van der Waals surface area contributed by atoms with Gasteiger partial charge in [-0.15, -0.1) is 11.8 Å². The van der Waals surface area contributed by atoms with Gasteiger partial charge in [0.05, 0.1) is 10.3 Å². The minimum atomic E-state index is -0.813. The molecule has 3 nitrogen and oxygen atoms in total. The van der Waals surface area contributed by atoms with Gasteiger partial charge in [-0.3, -0.25) is 0 Å². The summed E-state index contributed by atoms with van der Waals surface area (Å²) in [6.07, 6.45) is 2.27. The van der Waals surface area contributed by atoms with Crippen LogP contribution in [0.15, 0.2) is 91.0 Å². The van der Waals surface area contributed by atoms with Crippen molar-refractivity contribution >= 4 is 11.8 Å². The molecule has 0 spiro atoms. The summed E-state index contributed by atoms with van der Waals surface area (Å²) in [5.74, 6) is 1.12. The maximum atomic E-state index is 10.7. The Kier molecular flexibility index (Phi) is 6.13. The van der Waals surface area contributed by atoms with Crippen molar-refractivity contribution in [2.45, 2.75) is 55.2 Å². The highest BCUT2D eigenvalue weighted by Crippen LogP contribution is 2.53. The van der Waals surface area contributed by atoms with E-state index in [1.807, 2.05) is 18.7 Å². The Balaban J connectivity index is 1.55. The smallest absolute Gasteiger partial charge is 0.122 e. The summed E-state index contributed by atoms with van der Waals surface area (Å²) in [7, 11) is 0. The molecule has 0 radical (unpaired) electrons. The van der Waals surface area contributed by atoms with Crippen LogP contribution < -0.4 is 0 Å². The van der Waals surface area contributed by atoms with Crippen LogP contribution in [-0.2, 0) is 14.5 Å². The molecule has 3 aromatic carbocycles. The normalized spacial score (nSPS) is 29.5. The molecule has 1 aliphatic carbocycles. The summed E-state index contributed by atoms with van der Waals surface area (Å²) in [5, 5.41) is 10.7. The Labute approximate surface area is 201 Å². The van der Waals surface area contributed by atoms with Crippen molar-refractivity contribution in [2.24, 2.45) is 5.92 Å². The lowest BCUT2D eigenvalue weighted by molar-refractivity contribution is -0.441. The molecule has 2 fully saturated rings. The molecular formula is C29H32O3S. The van der Waals surface area contributed by atoms with Crippen molar-refractivity contribution in [3.8, 4) is 0 Å². The lowest BCUT2D eigenvalue weighted by Gasteiger charge is -2.51. The lowest BCUT2D eigenvalue weighted by atomic mass is 9.71. The van der Waals surface area contributed by atoms with Crippen LogP contribution in [0.5, 0.6) is 0 Å². The molecule has 1 aliphatic heterocycles. The average Bonchev–Trinajstić information content (AvgIpc) is 2.86. The van der Waals surface area contributed by atoms with E-state index in [1.165, 1.54) is 16.7 Å². The van der Waals surface area contributed by atoms with Crippen LogP contribution >= 0.6 is 11.8 Å². The quantitative estimate of drug-likeness (QED) is 0.344. The van der Waals surface area contributed by atoms with E-state index in [1.54, 1.807) is 0 Å². The first-order valence-corrected chi connectivity index (χ1v) is 12.8. The van der Waals surface area contributed by atoms with Crippen LogP contribution in [0.25, 0.3) is 0 Å². The van der Waals surface area contributed by atoms with Crippen molar-refractivity contribution < 1.29 is 14.9 Å². The second kappa shape index (κ2) is 8.92. The third-order valence-corrected chi connectivity index (χ3v) is 9.38. The summed E-state index contributed by atoms with van der Waals surface area (Å²) < 4.78 is -0.382. The zero-order valence-electron chi connectivity index (χ0n) is 19.3. The molecule has 0 amide bonds. The highest BCUT2D eigenvalue weighted by molar-refractivity contribution is 8.00. The Hall–Kier alpha value is -2.11. The fourth-order valence-corrected chi connectivity index (χ4v) is 7.05. The van der Waals surface area contributed by atoms with Crippen molar-refractivity contribution in [3.63, 3.8) is 0 Å². The van der Waals surface area contributed by atoms with Gasteiger partial charge in [-0.1, -0.05) is 91.0 Å². The van der Waals surface area contributed by atoms with E-state index in [-0.39, 0.29) is 10.9 Å². The van der Waals surface area contributed by atoms with Gasteiger partial charge >= 0.3 is 0 Å². The van der Waals surface area contributed by atoms with E-state index in [4.69, 9.17) is 9.78 Å². The van der Waals surface area contributed by atoms with Gasteiger partial charge in [-0.2, -0.15) is 0 Å². The Morgan fingerprint density at radius 2 is 1.33 bits per heavy atom. The Morgan fingerprint density at radius 3 is 1.82 bits per heavy atom. The van der Waals surface area contributed by atoms with E-state index >= 15 is 0 Å². The van der Waals surface area contributed by atoms with E-state index in [0.29, 0.717) is 5.92 Å². The molecule has 2 aliphatic rings. The summed E-state index contributed by atoms with van der Waals surface area (Å²) >= 11 is 1.91. The van der Waals surface area contributed by atoms with E-state index < -0.39 is 11.2 Å². The van der Waals surface area contributed by atoms with Crippen LogP contribution in [0.4, 0.5) is 0 Å². The van der Waals surface area contributed by atoms with Crippen LogP contribution in [0.3, 0.4) is 0 Å². The van der Waals surface area contributed by atoms with Gasteiger partial charge in [0.1, 0.15) is 11.7 Å². The summed E-state index contributed by atoms with van der Waals surface area (Å²) in [6.45, 7) is 4.03. The van der Waals surface area contributed by atoms with E-state index in [0.717, 1.165) is 25.0 Å². The van der Waals surface area contributed by atoms with E-state index in [9.17, 15) is 5.11 Å². The standard InChI is InChI=1S/C29H32O3S/c1-27(30)19-18-25-20-26(27)31-32-28(25,2)21-33-29(22-12-6-3-7-13-22,23-14-8-4-9-15-23)24-16-10-5-11-17-24/h3-17,25-26,30H,18-21H2,1-2H3/t25-,26-,27-,28?/m1/s1. The van der Waals surface area contributed by atoms with E-state index in [2.05, 4.69) is 97.9 Å². The fourth-order valence-electron chi connectivity index (χ4n) is 5.35. The molecule has 0 aromatic heterocycles. The zero-order valence-corrected chi connectivity index (χ0v) is 20.1. The minimum absolute atomic E-state index is 0.253. The second-order valence-corrected chi connectivity index (χ2v) is 11.1. The largest absolute Gasteiger partial charge is 0.387 e. The number of hydrogen-bond donors (Lipinski definition) is 1. The van der Waals surface area contributed by atoms with Crippen molar-refractivity contribution in [3.05, 3.63) is 108 Å². The highest BCUT2D eigenvalue weighted by Gasteiger charge is 2.53. The van der Waals surface area contributed by atoms with Gasteiger partial charge in [0.2, 0.25) is 0 Å². The third-order valence-electron chi connectivity index (χ3n) is 7.53. The minimum Gasteiger partial charge on any atom is -0.387 e. The molecule has 5 rings (SSSR count). The molecule has 3 aromatic rings. The maximum absolute atomic E-state index is 10.7. The summed E-state index contributed by atoms with van der Waals surface area (Å²) in [4.78, 5) is 11.9. The molecular weight excluding hydrogens is 428 g/mol. The Morgan fingerprint density at radius 1 is 0.848 bits per heavy atom. The van der Waals surface area contributed by atoms with Crippen LogP contribution in [0, 0.1) is 5.92 Å².